The lowest BCUT2D eigenvalue weighted by Crippen LogP contribution is -2.12. The summed E-state index contributed by atoms with van der Waals surface area (Å²) in [6, 6.07) is 10.4. The quantitative estimate of drug-likeness (QED) is 0.719. The third kappa shape index (κ3) is 2.44. The molecule has 0 aliphatic carbocycles. The smallest absolute Gasteiger partial charge is 0.0705 e. The summed E-state index contributed by atoms with van der Waals surface area (Å²) in [5.74, 6) is 0.335. The minimum atomic E-state index is 0.118. The average molecular weight is 248 g/mol. The molecule has 2 atom stereocenters. The number of aryl methyl sites for hydroxylation is 1. The van der Waals surface area contributed by atoms with Crippen LogP contribution in [0.5, 0.6) is 0 Å². The second-order valence-electron chi connectivity index (χ2n) is 4.58. The zero-order valence-corrected chi connectivity index (χ0v) is 11.3. The first kappa shape index (κ1) is 12.4. The molecule has 0 saturated carbocycles. The third-order valence-corrected chi connectivity index (χ3v) is 3.60. The molecule has 0 N–H and O–H groups in total. The van der Waals surface area contributed by atoms with Crippen molar-refractivity contribution in [3.63, 3.8) is 0 Å². The van der Waals surface area contributed by atoms with E-state index in [0.29, 0.717) is 5.92 Å². The van der Waals surface area contributed by atoms with Gasteiger partial charge in [0.1, 0.15) is 0 Å². The van der Waals surface area contributed by atoms with E-state index >= 15 is 0 Å². The van der Waals surface area contributed by atoms with E-state index in [9.17, 15) is 0 Å². The lowest BCUT2D eigenvalue weighted by molar-refractivity contribution is 0.629. The van der Waals surface area contributed by atoms with Gasteiger partial charge in [-0.25, -0.2) is 0 Å². The molecule has 0 fully saturated rings. The van der Waals surface area contributed by atoms with Crippen LogP contribution in [0.2, 0.25) is 0 Å². The molecule has 2 heteroatoms. The Morgan fingerprint density at radius 3 is 2.65 bits per heavy atom. The normalized spacial score (nSPS) is 14.8. The maximum Gasteiger partial charge on any atom is 0.0705 e. The van der Waals surface area contributed by atoms with Crippen molar-refractivity contribution in [2.75, 3.05) is 0 Å². The maximum absolute atomic E-state index is 6.26. The molecule has 1 aromatic carbocycles. The van der Waals surface area contributed by atoms with Crippen LogP contribution in [0.4, 0.5) is 0 Å². The van der Waals surface area contributed by atoms with E-state index in [1.807, 2.05) is 19.1 Å². The average Bonchev–Trinajstić information content (AvgIpc) is 2.30. The first-order valence-electron chi connectivity index (χ1n) is 6.13. The van der Waals surface area contributed by atoms with E-state index in [0.717, 1.165) is 17.6 Å². The highest BCUT2D eigenvalue weighted by Crippen LogP contribution is 2.29. The highest BCUT2D eigenvalue weighted by molar-refractivity contribution is 6.20. The molecule has 2 aromatic rings. The standard InChI is InChI=1S/C15H18ClN/c1-4-13(11(3)16)15-10(2)9-12-7-5-6-8-14(12)17-15/h5-9,11,13H,4H2,1-3H3. The van der Waals surface area contributed by atoms with Gasteiger partial charge in [-0.15, -0.1) is 11.6 Å². The van der Waals surface area contributed by atoms with Crippen molar-refractivity contribution in [2.45, 2.75) is 38.5 Å². The van der Waals surface area contributed by atoms with E-state index in [4.69, 9.17) is 16.6 Å². The summed E-state index contributed by atoms with van der Waals surface area (Å²) in [6.45, 7) is 6.34. The summed E-state index contributed by atoms with van der Waals surface area (Å²) in [6.07, 6.45) is 1.02. The van der Waals surface area contributed by atoms with Crippen molar-refractivity contribution in [2.24, 2.45) is 0 Å². The van der Waals surface area contributed by atoms with Gasteiger partial charge >= 0.3 is 0 Å². The highest BCUT2D eigenvalue weighted by atomic mass is 35.5. The largest absolute Gasteiger partial charge is 0.252 e. The number of aromatic nitrogens is 1. The summed E-state index contributed by atoms with van der Waals surface area (Å²) in [5.41, 5.74) is 3.45. The molecule has 0 saturated heterocycles. The number of hydrogen-bond donors (Lipinski definition) is 0. The number of para-hydroxylation sites is 1. The molecule has 2 rings (SSSR count). The number of fused-ring (bicyclic) bond motifs is 1. The van der Waals surface area contributed by atoms with Crippen LogP contribution < -0.4 is 0 Å². The molecule has 2 unspecified atom stereocenters. The fraction of sp³-hybridized carbons (Fsp3) is 0.400. The second-order valence-corrected chi connectivity index (χ2v) is 5.26. The molecule has 1 aromatic heterocycles. The van der Waals surface area contributed by atoms with Gasteiger partial charge in [-0.3, -0.25) is 4.98 Å². The van der Waals surface area contributed by atoms with Crippen molar-refractivity contribution in [3.8, 4) is 0 Å². The lowest BCUT2D eigenvalue weighted by Gasteiger charge is -2.19. The van der Waals surface area contributed by atoms with E-state index < -0.39 is 0 Å². The Kier molecular flexibility index (Phi) is 3.68. The number of halogens is 1. The predicted octanol–water partition coefficient (Wildman–Crippen LogP) is 4.66. The Balaban J connectivity index is 2.57. The van der Waals surface area contributed by atoms with Gasteiger partial charge < -0.3 is 0 Å². The van der Waals surface area contributed by atoms with Crippen LogP contribution in [-0.4, -0.2) is 10.4 Å². The molecule has 0 radical (unpaired) electrons. The van der Waals surface area contributed by atoms with Crippen molar-refractivity contribution in [1.82, 2.24) is 4.98 Å². The van der Waals surface area contributed by atoms with Gasteiger partial charge in [0.25, 0.3) is 0 Å². The number of benzene rings is 1. The van der Waals surface area contributed by atoms with Gasteiger partial charge in [0.05, 0.1) is 5.52 Å². The Labute approximate surface area is 108 Å². The number of alkyl halides is 1. The monoisotopic (exact) mass is 247 g/mol. The van der Waals surface area contributed by atoms with Gasteiger partial charge in [-0.1, -0.05) is 25.1 Å². The highest BCUT2D eigenvalue weighted by Gasteiger charge is 2.19. The molecule has 0 amide bonds. The van der Waals surface area contributed by atoms with Crippen LogP contribution >= 0.6 is 11.6 Å². The summed E-state index contributed by atoms with van der Waals surface area (Å²) in [4.78, 5) is 4.78. The van der Waals surface area contributed by atoms with Crippen molar-refractivity contribution in [1.29, 1.82) is 0 Å². The van der Waals surface area contributed by atoms with Gasteiger partial charge in [-0.05, 0) is 38.0 Å². The van der Waals surface area contributed by atoms with Gasteiger partial charge in [0.2, 0.25) is 0 Å². The van der Waals surface area contributed by atoms with Gasteiger partial charge in [0.15, 0.2) is 0 Å². The SMILES string of the molecule is CCC(c1nc2ccccc2cc1C)C(C)Cl. The first-order valence-corrected chi connectivity index (χ1v) is 6.57. The molecule has 17 heavy (non-hydrogen) atoms. The summed E-state index contributed by atoms with van der Waals surface area (Å²) in [7, 11) is 0. The Morgan fingerprint density at radius 1 is 1.29 bits per heavy atom. The molecular weight excluding hydrogens is 230 g/mol. The zero-order chi connectivity index (χ0) is 12.4. The van der Waals surface area contributed by atoms with Crippen molar-refractivity contribution >= 4 is 22.5 Å². The lowest BCUT2D eigenvalue weighted by atomic mass is 9.94. The van der Waals surface area contributed by atoms with Crippen LogP contribution in [0.3, 0.4) is 0 Å². The molecule has 0 bridgehead atoms. The van der Waals surface area contributed by atoms with Gasteiger partial charge in [-0.2, -0.15) is 0 Å². The van der Waals surface area contributed by atoms with E-state index in [2.05, 4.69) is 32.0 Å². The Hall–Kier alpha value is -1.08. The van der Waals surface area contributed by atoms with E-state index in [1.54, 1.807) is 0 Å². The first-order chi connectivity index (χ1) is 8.13. The summed E-state index contributed by atoms with van der Waals surface area (Å²) in [5, 5.41) is 1.32. The molecule has 0 aliphatic rings. The molecule has 90 valence electrons. The molecule has 1 heterocycles. The fourth-order valence-corrected chi connectivity index (χ4v) is 2.65. The van der Waals surface area contributed by atoms with Crippen LogP contribution in [0.1, 0.15) is 37.4 Å². The van der Waals surface area contributed by atoms with Crippen molar-refractivity contribution < 1.29 is 0 Å². The molecule has 0 spiro atoms. The number of rotatable bonds is 3. The topological polar surface area (TPSA) is 12.9 Å². The number of nitrogens with zero attached hydrogens (tertiary/aromatic N) is 1. The van der Waals surface area contributed by atoms with Crippen molar-refractivity contribution in [3.05, 3.63) is 41.6 Å². The minimum absolute atomic E-state index is 0.118. The summed E-state index contributed by atoms with van der Waals surface area (Å²) < 4.78 is 0. The molecule has 0 aliphatic heterocycles. The summed E-state index contributed by atoms with van der Waals surface area (Å²) >= 11 is 6.26. The maximum atomic E-state index is 6.26. The molecular formula is C15H18ClN. The Bertz CT molecular complexity index is 519. The number of pyridine rings is 1. The van der Waals surface area contributed by atoms with E-state index in [-0.39, 0.29) is 5.38 Å². The Morgan fingerprint density at radius 2 is 2.00 bits per heavy atom. The fourth-order valence-electron chi connectivity index (χ4n) is 2.35. The van der Waals surface area contributed by atoms with E-state index in [1.165, 1.54) is 10.9 Å². The van der Waals surface area contributed by atoms with Crippen LogP contribution in [-0.2, 0) is 0 Å². The van der Waals surface area contributed by atoms with Crippen LogP contribution in [0.25, 0.3) is 10.9 Å². The van der Waals surface area contributed by atoms with Crippen LogP contribution in [0.15, 0.2) is 30.3 Å². The second kappa shape index (κ2) is 5.05. The van der Waals surface area contributed by atoms with Crippen LogP contribution in [0, 0.1) is 6.92 Å². The zero-order valence-electron chi connectivity index (χ0n) is 10.6. The predicted molar refractivity (Wildman–Crippen MR) is 74.8 cm³/mol. The number of hydrogen-bond acceptors (Lipinski definition) is 1. The minimum Gasteiger partial charge on any atom is -0.252 e. The van der Waals surface area contributed by atoms with Gasteiger partial charge in [0, 0.05) is 22.4 Å². The molecule has 1 nitrogen and oxygen atoms in total. The third-order valence-electron chi connectivity index (χ3n) is 3.30.